The van der Waals surface area contributed by atoms with E-state index in [1.807, 2.05) is 12.1 Å². The first-order chi connectivity index (χ1) is 11.6. The van der Waals surface area contributed by atoms with Gasteiger partial charge in [0.15, 0.2) is 6.61 Å². The number of hydrogen-bond donors (Lipinski definition) is 1. The number of amides is 1. The Bertz CT molecular complexity index is 734. The number of halogens is 1. The van der Waals surface area contributed by atoms with Crippen molar-refractivity contribution in [2.45, 2.75) is 0 Å². The number of carbonyl (C=O) groups excluding carboxylic acids is 1. The molecule has 2 aromatic rings. The van der Waals surface area contributed by atoms with Crippen molar-refractivity contribution in [2.75, 3.05) is 20.8 Å². The SMILES string of the molecule is COc1ccc(/C=N/NC(=O)COc2cccc(Br)c2)c(OC)c1. The second-order valence-electron chi connectivity index (χ2n) is 4.65. The normalized spacial score (nSPS) is 10.5. The summed E-state index contributed by atoms with van der Waals surface area (Å²) >= 11 is 3.34. The number of hydrogen-bond acceptors (Lipinski definition) is 5. The van der Waals surface area contributed by atoms with Gasteiger partial charge in [-0.25, -0.2) is 5.43 Å². The Hall–Kier alpha value is -2.54. The van der Waals surface area contributed by atoms with Crippen molar-refractivity contribution in [1.82, 2.24) is 5.43 Å². The van der Waals surface area contributed by atoms with Crippen LogP contribution < -0.4 is 19.6 Å². The minimum absolute atomic E-state index is 0.131. The molecular weight excluding hydrogens is 376 g/mol. The molecule has 1 amide bonds. The number of carbonyl (C=O) groups is 1. The fraction of sp³-hybridized carbons (Fsp3) is 0.176. The number of benzene rings is 2. The second kappa shape index (κ2) is 8.93. The summed E-state index contributed by atoms with van der Waals surface area (Å²) in [5.41, 5.74) is 3.12. The van der Waals surface area contributed by atoms with Crippen molar-refractivity contribution in [2.24, 2.45) is 5.10 Å². The summed E-state index contributed by atoms with van der Waals surface area (Å²) in [6.07, 6.45) is 1.50. The molecule has 2 aromatic carbocycles. The highest BCUT2D eigenvalue weighted by atomic mass is 79.9. The zero-order valence-electron chi connectivity index (χ0n) is 13.3. The number of nitrogens with zero attached hydrogens (tertiary/aromatic N) is 1. The van der Waals surface area contributed by atoms with Gasteiger partial charge in [-0.2, -0.15) is 5.10 Å². The van der Waals surface area contributed by atoms with E-state index >= 15 is 0 Å². The fourth-order valence-electron chi connectivity index (χ4n) is 1.84. The van der Waals surface area contributed by atoms with Gasteiger partial charge in [-0.3, -0.25) is 4.79 Å². The second-order valence-corrected chi connectivity index (χ2v) is 5.56. The van der Waals surface area contributed by atoms with Gasteiger partial charge in [0, 0.05) is 16.1 Å². The van der Waals surface area contributed by atoms with Crippen molar-refractivity contribution >= 4 is 28.1 Å². The number of rotatable bonds is 7. The van der Waals surface area contributed by atoms with Crippen molar-refractivity contribution in [1.29, 1.82) is 0 Å². The highest BCUT2D eigenvalue weighted by Gasteiger charge is 2.04. The highest BCUT2D eigenvalue weighted by Crippen LogP contribution is 2.23. The Morgan fingerprint density at radius 2 is 2.00 bits per heavy atom. The molecule has 0 unspecified atom stereocenters. The van der Waals surface area contributed by atoms with E-state index in [0.29, 0.717) is 22.8 Å². The largest absolute Gasteiger partial charge is 0.497 e. The Balaban J connectivity index is 1.88. The van der Waals surface area contributed by atoms with E-state index in [9.17, 15) is 4.79 Å². The maximum absolute atomic E-state index is 11.7. The summed E-state index contributed by atoms with van der Waals surface area (Å²) in [6.45, 7) is -0.131. The van der Waals surface area contributed by atoms with Crippen LogP contribution in [0.2, 0.25) is 0 Å². The van der Waals surface area contributed by atoms with Gasteiger partial charge in [-0.05, 0) is 30.3 Å². The van der Waals surface area contributed by atoms with Crippen molar-refractivity contribution < 1.29 is 19.0 Å². The van der Waals surface area contributed by atoms with E-state index in [-0.39, 0.29) is 12.5 Å². The number of hydrazone groups is 1. The molecule has 0 spiro atoms. The van der Waals surface area contributed by atoms with Crippen LogP contribution in [0.4, 0.5) is 0 Å². The summed E-state index contributed by atoms with van der Waals surface area (Å²) in [4.78, 5) is 11.7. The lowest BCUT2D eigenvalue weighted by Gasteiger charge is -2.07. The molecule has 2 rings (SSSR count). The van der Waals surface area contributed by atoms with Gasteiger partial charge in [-0.15, -0.1) is 0 Å². The molecule has 0 atom stereocenters. The molecule has 126 valence electrons. The molecule has 0 aliphatic heterocycles. The van der Waals surface area contributed by atoms with Crippen LogP contribution in [0, 0.1) is 0 Å². The van der Waals surface area contributed by atoms with Crippen LogP contribution in [-0.4, -0.2) is 32.9 Å². The van der Waals surface area contributed by atoms with Crippen molar-refractivity contribution in [3.05, 3.63) is 52.5 Å². The molecule has 0 aromatic heterocycles. The number of ether oxygens (including phenoxy) is 3. The maximum Gasteiger partial charge on any atom is 0.277 e. The summed E-state index contributed by atoms with van der Waals surface area (Å²) in [5, 5.41) is 3.90. The van der Waals surface area contributed by atoms with Crippen LogP contribution in [0.5, 0.6) is 17.2 Å². The van der Waals surface area contributed by atoms with Gasteiger partial charge in [0.2, 0.25) is 0 Å². The molecule has 7 heteroatoms. The first-order valence-corrected chi connectivity index (χ1v) is 7.84. The van der Waals surface area contributed by atoms with Crippen LogP contribution in [0.25, 0.3) is 0 Å². The first-order valence-electron chi connectivity index (χ1n) is 7.04. The van der Waals surface area contributed by atoms with Crippen LogP contribution >= 0.6 is 15.9 Å². The van der Waals surface area contributed by atoms with Crippen LogP contribution in [0.3, 0.4) is 0 Å². The Morgan fingerprint density at radius 3 is 2.71 bits per heavy atom. The third kappa shape index (κ3) is 5.27. The summed E-state index contributed by atoms with van der Waals surface area (Å²) in [6, 6.07) is 12.5. The molecule has 0 bridgehead atoms. The van der Waals surface area contributed by atoms with E-state index in [1.165, 1.54) is 6.21 Å². The molecule has 1 N–H and O–H groups in total. The van der Waals surface area contributed by atoms with Crippen LogP contribution in [-0.2, 0) is 4.79 Å². The van der Waals surface area contributed by atoms with Gasteiger partial charge in [-0.1, -0.05) is 22.0 Å². The molecule has 6 nitrogen and oxygen atoms in total. The third-order valence-corrected chi connectivity index (χ3v) is 3.49. The van der Waals surface area contributed by atoms with Gasteiger partial charge in [0.25, 0.3) is 5.91 Å². The third-order valence-electron chi connectivity index (χ3n) is 3.00. The Kier molecular flexibility index (Phi) is 6.62. The first kappa shape index (κ1) is 17.8. The van der Waals surface area contributed by atoms with E-state index in [4.69, 9.17) is 14.2 Å². The van der Waals surface area contributed by atoms with E-state index < -0.39 is 0 Å². The molecule has 0 saturated carbocycles. The van der Waals surface area contributed by atoms with E-state index in [0.717, 1.165) is 4.47 Å². The van der Waals surface area contributed by atoms with E-state index in [2.05, 4.69) is 26.5 Å². The van der Waals surface area contributed by atoms with Crippen LogP contribution in [0.1, 0.15) is 5.56 Å². The fourth-order valence-corrected chi connectivity index (χ4v) is 2.22. The lowest BCUT2D eigenvalue weighted by molar-refractivity contribution is -0.123. The molecule has 0 aliphatic rings. The van der Waals surface area contributed by atoms with Gasteiger partial charge >= 0.3 is 0 Å². The zero-order chi connectivity index (χ0) is 17.4. The highest BCUT2D eigenvalue weighted by molar-refractivity contribution is 9.10. The average molecular weight is 393 g/mol. The number of methoxy groups -OCH3 is 2. The molecule has 0 fully saturated rings. The molecule has 0 aliphatic carbocycles. The summed E-state index contributed by atoms with van der Waals surface area (Å²) in [7, 11) is 3.13. The number of nitrogens with one attached hydrogen (secondary N) is 1. The van der Waals surface area contributed by atoms with Crippen molar-refractivity contribution in [3.63, 3.8) is 0 Å². The van der Waals surface area contributed by atoms with Gasteiger partial charge < -0.3 is 14.2 Å². The Labute approximate surface area is 148 Å². The standard InChI is InChI=1S/C17H17BrN2O4/c1-22-14-7-6-12(16(9-14)23-2)10-19-20-17(21)11-24-15-5-3-4-13(18)8-15/h3-10H,11H2,1-2H3,(H,20,21)/b19-10+. The molecular formula is C17H17BrN2O4. The lowest BCUT2D eigenvalue weighted by atomic mass is 10.2. The average Bonchev–Trinajstić information content (AvgIpc) is 2.60. The Morgan fingerprint density at radius 1 is 1.17 bits per heavy atom. The lowest BCUT2D eigenvalue weighted by Crippen LogP contribution is -2.24. The molecule has 0 heterocycles. The molecule has 24 heavy (non-hydrogen) atoms. The predicted molar refractivity (Wildman–Crippen MR) is 94.9 cm³/mol. The maximum atomic E-state index is 11.7. The zero-order valence-corrected chi connectivity index (χ0v) is 14.9. The monoisotopic (exact) mass is 392 g/mol. The van der Waals surface area contributed by atoms with Gasteiger partial charge in [0.1, 0.15) is 17.2 Å². The molecule has 0 radical (unpaired) electrons. The van der Waals surface area contributed by atoms with E-state index in [1.54, 1.807) is 44.6 Å². The van der Waals surface area contributed by atoms with Crippen LogP contribution in [0.15, 0.2) is 52.0 Å². The van der Waals surface area contributed by atoms with Crippen molar-refractivity contribution in [3.8, 4) is 17.2 Å². The smallest absolute Gasteiger partial charge is 0.277 e. The summed E-state index contributed by atoms with van der Waals surface area (Å²) < 4.78 is 16.6. The predicted octanol–water partition coefficient (Wildman–Crippen LogP) is 3.00. The summed E-state index contributed by atoms with van der Waals surface area (Å²) in [5.74, 6) is 1.51. The minimum atomic E-state index is -0.362. The molecule has 0 saturated heterocycles. The quantitative estimate of drug-likeness (QED) is 0.580. The van der Waals surface area contributed by atoms with Gasteiger partial charge in [0.05, 0.1) is 20.4 Å². The minimum Gasteiger partial charge on any atom is -0.497 e. The topological polar surface area (TPSA) is 69.2 Å².